The second-order valence-corrected chi connectivity index (χ2v) is 7.09. The van der Waals surface area contributed by atoms with E-state index in [1.807, 2.05) is 31.2 Å². The molecule has 0 aliphatic heterocycles. The number of carbonyl (C=O) groups excluding carboxylic acids is 1. The van der Waals surface area contributed by atoms with Gasteiger partial charge in [0, 0.05) is 6.42 Å². The molecule has 2 aromatic carbocycles. The van der Waals surface area contributed by atoms with Gasteiger partial charge in [-0.05, 0) is 68.1 Å². The van der Waals surface area contributed by atoms with Gasteiger partial charge in [-0.25, -0.2) is 0 Å². The van der Waals surface area contributed by atoms with Gasteiger partial charge in [0.05, 0.1) is 16.1 Å². The lowest BCUT2D eigenvalue weighted by molar-refractivity contribution is -0.121. The lowest BCUT2D eigenvalue weighted by Crippen LogP contribution is -2.36. The molecule has 0 bridgehead atoms. The molecule has 0 saturated carbocycles. The quantitative estimate of drug-likeness (QED) is 0.724. The SMILES string of the molecule is Cc1ccc(OCC(C)NC(=O)CCc2ccc(Cl)c(Cl)c2)cc1C. The van der Waals surface area contributed by atoms with Crippen LogP contribution in [-0.4, -0.2) is 18.6 Å². The minimum absolute atomic E-state index is 0.0118. The second kappa shape index (κ2) is 9.12. The van der Waals surface area contributed by atoms with Crippen molar-refractivity contribution in [3.8, 4) is 5.75 Å². The summed E-state index contributed by atoms with van der Waals surface area (Å²) >= 11 is 11.9. The third kappa shape index (κ3) is 6.26. The van der Waals surface area contributed by atoms with Gasteiger partial charge in [0.1, 0.15) is 12.4 Å². The fourth-order valence-corrected chi connectivity index (χ4v) is 2.69. The summed E-state index contributed by atoms with van der Waals surface area (Å²) in [5, 5.41) is 3.98. The summed E-state index contributed by atoms with van der Waals surface area (Å²) in [6, 6.07) is 11.3. The molecule has 25 heavy (non-hydrogen) atoms. The number of ether oxygens (including phenoxy) is 1. The summed E-state index contributed by atoms with van der Waals surface area (Å²) in [6.07, 6.45) is 1.01. The average molecular weight is 380 g/mol. The van der Waals surface area contributed by atoms with Crippen LogP contribution in [0.15, 0.2) is 36.4 Å². The van der Waals surface area contributed by atoms with Crippen LogP contribution >= 0.6 is 23.2 Å². The van der Waals surface area contributed by atoms with Crippen molar-refractivity contribution in [3.05, 3.63) is 63.1 Å². The summed E-state index contributed by atoms with van der Waals surface area (Å²) in [6.45, 7) is 6.48. The molecule has 0 aliphatic rings. The molecule has 1 atom stereocenters. The van der Waals surface area contributed by atoms with Crippen molar-refractivity contribution in [2.45, 2.75) is 39.7 Å². The van der Waals surface area contributed by atoms with Crippen molar-refractivity contribution in [1.29, 1.82) is 0 Å². The van der Waals surface area contributed by atoms with E-state index in [-0.39, 0.29) is 11.9 Å². The van der Waals surface area contributed by atoms with Gasteiger partial charge in [-0.1, -0.05) is 35.3 Å². The van der Waals surface area contributed by atoms with Gasteiger partial charge >= 0.3 is 0 Å². The zero-order valence-electron chi connectivity index (χ0n) is 14.7. The Labute approximate surface area is 159 Å². The predicted molar refractivity (Wildman–Crippen MR) is 104 cm³/mol. The molecule has 1 unspecified atom stereocenters. The zero-order chi connectivity index (χ0) is 18.4. The lowest BCUT2D eigenvalue weighted by atomic mass is 10.1. The van der Waals surface area contributed by atoms with E-state index >= 15 is 0 Å². The number of carbonyl (C=O) groups is 1. The summed E-state index contributed by atoms with van der Waals surface area (Å²) in [4.78, 5) is 12.1. The van der Waals surface area contributed by atoms with Crippen LogP contribution in [-0.2, 0) is 11.2 Å². The van der Waals surface area contributed by atoms with Crippen molar-refractivity contribution in [3.63, 3.8) is 0 Å². The Hall–Kier alpha value is -1.71. The molecule has 2 rings (SSSR count). The third-order valence-corrected chi connectivity index (χ3v) is 4.75. The lowest BCUT2D eigenvalue weighted by Gasteiger charge is -2.16. The number of hydrogen-bond donors (Lipinski definition) is 1. The second-order valence-electron chi connectivity index (χ2n) is 6.27. The van der Waals surface area contributed by atoms with Gasteiger partial charge in [-0.15, -0.1) is 0 Å². The minimum atomic E-state index is -0.0667. The molecule has 1 amide bonds. The maximum atomic E-state index is 12.1. The Morgan fingerprint density at radius 1 is 1.08 bits per heavy atom. The molecule has 134 valence electrons. The van der Waals surface area contributed by atoms with Crippen LogP contribution in [0.25, 0.3) is 0 Å². The number of hydrogen-bond acceptors (Lipinski definition) is 2. The van der Waals surface area contributed by atoms with Gasteiger partial charge < -0.3 is 10.1 Å². The highest BCUT2D eigenvalue weighted by Crippen LogP contribution is 2.23. The van der Waals surface area contributed by atoms with E-state index in [1.54, 1.807) is 12.1 Å². The number of halogens is 2. The largest absolute Gasteiger partial charge is 0.491 e. The third-order valence-electron chi connectivity index (χ3n) is 4.01. The summed E-state index contributed by atoms with van der Waals surface area (Å²) in [5.41, 5.74) is 3.41. The Morgan fingerprint density at radius 2 is 1.84 bits per heavy atom. The van der Waals surface area contributed by atoms with Gasteiger partial charge in [0.2, 0.25) is 5.91 Å². The normalized spacial score (nSPS) is 11.9. The van der Waals surface area contributed by atoms with E-state index in [9.17, 15) is 4.79 Å². The molecule has 0 radical (unpaired) electrons. The highest BCUT2D eigenvalue weighted by Gasteiger charge is 2.09. The molecule has 0 aromatic heterocycles. The monoisotopic (exact) mass is 379 g/mol. The number of benzene rings is 2. The molecule has 0 fully saturated rings. The van der Waals surface area contributed by atoms with Crippen LogP contribution in [0.2, 0.25) is 10.0 Å². The van der Waals surface area contributed by atoms with E-state index in [0.717, 1.165) is 11.3 Å². The number of aryl methyl sites for hydroxylation is 3. The van der Waals surface area contributed by atoms with Crippen LogP contribution in [0.5, 0.6) is 5.75 Å². The molecule has 5 heteroatoms. The molecule has 2 aromatic rings. The first-order valence-electron chi connectivity index (χ1n) is 8.28. The summed E-state index contributed by atoms with van der Waals surface area (Å²) < 4.78 is 5.75. The molecule has 0 saturated heterocycles. The highest BCUT2D eigenvalue weighted by atomic mass is 35.5. The smallest absolute Gasteiger partial charge is 0.220 e. The topological polar surface area (TPSA) is 38.3 Å². The van der Waals surface area contributed by atoms with Crippen LogP contribution < -0.4 is 10.1 Å². The molecule has 0 heterocycles. The number of nitrogens with one attached hydrogen (secondary N) is 1. The van der Waals surface area contributed by atoms with Crippen LogP contribution in [0.4, 0.5) is 0 Å². The van der Waals surface area contributed by atoms with E-state index in [4.69, 9.17) is 27.9 Å². The Morgan fingerprint density at radius 3 is 2.52 bits per heavy atom. The van der Waals surface area contributed by atoms with Gasteiger partial charge in [0.25, 0.3) is 0 Å². The highest BCUT2D eigenvalue weighted by molar-refractivity contribution is 6.42. The average Bonchev–Trinajstić information content (AvgIpc) is 2.57. The fourth-order valence-electron chi connectivity index (χ4n) is 2.37. The zero-order valence-corrected chi connectivity index (χ0v) is 16.2. The minimum Gasteiger partial charge on any atom is -0.491 e. The van der Waals surface area contributed by atoms with Gasteiger partial charge in [0.15, 0.2) is 0 Å². The van der Waals surface area contributed by atoms with E-state index < -0.39 is 0 Å². The maximum Gasteiger partial charge on any atom is 0.220 e. The first kappa shape index (κ1) is 19.6. The molecular weight excluding hydrogens is 357 g/mol. The summed E-state index contributed by atoms with van der Waals surface area (Å²) in [5.74, 6) is 0.808. The Balaban J connectivity index is 1.75. The molecule has 0 spiro atoms. The van der Waals surface area contributed by atoms with Crippen LogP contribution in [0.1, 0.15) is 30.0 Å². The van der Waals surface area contributed by atoms with Crippen molar-refractivity contribution in [2.75, 3.05) is 6.61 Å². The number of rotatable bonds is 7. The Bertz CT molecular complexity index is 746. The molecular formula is C20H23Cl2NO2. The molecule has 3 nitrogen and oxygen atoms in total. The summed E-state index contributed by atoms with van der Waals surface area (Å²) in [7, 11) is 0. The number of amides is 1. The van der Waals surface area contributed by atoms with Crippen LogP contribution in [0.3, 0.4) is 0 Å². The maximum absolute atomic E-state index is 12.1. The van der Waals surface area contributed by atoms with Crippen LogP contribution in [0, 0.1) is 13.8 Å². The van der Waals surface area contributed by atoms with Gasteiger partial charge in [-0.3, -0.25) is 4.79 Å². The molecule has 1 N–H and O–H groups in total. The first-order valence-corrected chi connectivity index (χ1v) is 9.04. The predicted octanol–water partition coefficient (Wildman–Crippen LogP) is 5.13. The van der Waals surface area contributed by atoms with E-state index in [2.05, 4.69) is 19.2 Å². The van der Waals surface area contributed by atoms with Crippen molar-refractivity contribution in [2.24, 2.45) is 0 Å². The molecule has 0 aliphatic carbocycles. The van der Waals surface area contributed by atoms with E-state index in [0.29, 0.717) is 29.5 Å². The first-order chi connectivity index (χ1) is 11.8. The van der Waals surface area contributed by atoms with Crippen molar-refractivity contribution >= 4 is 29.1 Å². The van der Waals surface area contributed by atoms with E-state index in [1.165, 1.54) is 11.1 Å². The van der Waals surface area contributed by atoms with Crippen molar-refractivity contribution in [1.82, 2.24) is 5.32 Å². The standard InChI is InChI=1S/C20H23Cl2NO2/c1-13-4-7-17(10-14(13)2)25-12-15(3)23-20(24)9-6-16-5-8-18(21)19(22)11-16/h4-5,7-8,10-11,15H,6,9,12H2,1-3H3,(H,23,24). The van der Waals surface area contributed by atoms with Gasteiger partial charge in [-0.2, -0.15) is 0 Å². The fraction of sp³-hybridized carbons (Fsp3) is 0.350. The Kier molecular flexibility index (Phi) is 7.15. The van der Waals surface area contributed by atoms with Crippen molar-refractivity contribution < 1.29 is 9.53 Å².